The highest BCUT2D eigenvalue weighted by Crippen LogP contribution is 2.07. The lowest BCUT2D eigenvalue weighted by Crippen LogP contribution is -2.33. The first-order valence-corrected chi connectivity index (χ1v) is 6.25. The van der Waals surface area contributed by atoms with Crippen LogP contribution in [0.25, 0.3) is 0 Å². The summed E-state index contributed by atoms with van der Waals surface area (Å²) in [7, 11) is 0. The molecule has 0 saturated heterocycles. The molecule has 0 fully saturated rings. The van der Waals surface area contributed by atoms with Crippen molar-refractivity contribution in [1.82, 2.24) is 4.90 Å². The molecule has 4 heteroatoms. The van der Waals surface area contributed by atoms with Crippen LogP contribution in [0.4, 0.5) is 4.39 Å². The van der Waals surface area contributed by atoms with Gasteiger partial charge in [0.05, 0.1) is 5.56 Å². The third kappa shape index (κ3) is 4.45. The number of likely N-dealkylation sites (N-methyl/N-ethyl adjacent to an activating group) is 1. The summed E-state index contributed by atoms with van der Waals surface area (Å²) >= 11 is 0. The zero-order valence-electron chi connectivity index (χ0n) is 11.1. The van der Waals surface area contributed by atoms with Gasteiger partial charge in [-0.25, -0.2) is 9.18 Å². The third-order valence-electron chi connectivity index (χ3n) is 2.80. The minimum absolute atomic E-state index is 0.178. The first-order chi connectivity index (χ1) is 8.56. The summed E-state index contributed by atoms with van der Waals surface area (Å²) in [6.45, 7) is 8.56. The number of rotatable bonds is 6. The minimum Gasteiger partial charge on any atom is -0.458 e. The molecule has 3 nitrogen and oxygen atoms in total. The van der Waals surface area contributed by atoms with Crippen molar-refractivity contribution in [2.45, 2.75) is 26.9 Å². The van der Waals surface area contributed by atoms with Crippen LogP contribution in [0.2, 0.25) is 0 Å². The molecule has 0 aromatic heterocycles. The predicted octanol–water partition coefficient (Wildman–Crippen LogP) is 2.71. The summed E-state index contributed by atoms with van der Waals surface area (Å²) in [5, 5.41) is 0. The number of hydrogen-bond acceptors (Lipinski definition) is 3. The highest BCUT2D eigenvalue weighted by Gasteiger charge is 2.14. The SMILES string of the molecule is CCN(CC)C[C@@H](C)OC(=O)c1ccc(F)cc1. The Morgan fingerprint density at radius 3 is 2.33 bits per heavy atom. The Kier molecular flexibility index (Phi) is 5.78. The quantitative estimate of drug-likeness (QED) is 0.730. The van der Waals surface area contributed by atoms with Gasteiger partial charge < -0.3 is 9.64 Å². The second-order valence-electron chi connectivity index (χ2n) is 4.21. The van der Waals surface area contributed by atoms with Gasteiger partial charge in [0.25, 0.3) is 0 Å². The standard InChI is InChI=1S/C14H20FNO2/c1-4-16(5-2)10-11(3)18-14(17)12-6-8-13(15)9-7-12/h6-9,11H,4-5,10H2,1-3H3/t11-/m1/s1. The van der Waals surface area contributed by atoms with Crippen LogP contribution in [0.5, 0.6) is 0 Å². The summed E-state index contributed by atoms with van der Waals surface area (Å²) in [6, 6.07) is 5.38. The van der Waals surface area contributed by atoms with Gasteiger partial charge in [-0.1, -0.05) is 13.8 Å². The average Bonchev–Trinajstić information content (AvgIpc) is 2.36. The molecule has 0 heterocycles. The smallest absolute Gasteiger partial charge is 0.338 e. The number of nitrogens with zero attached hydrogens (tertiary/aromatic N) is 1. The van der Waals surface area contributed by atoms with E-state index >= 15 is 0 Å². The van der Waals surface area contributed by atoms with E-state index in [4.69, 9.17) is 4.74 Å². The van der Waals surface area contributed by atoms with Gasteiger partial charge in [-0.15, -0.1) is 0 Å². The van der Waals surface area contributed by atoms with Crippen LogP contribution in [0.3, 0.4) is 0 Å². The van der Waals surface area contributed by atoms with Crippen LogP contribution >= 0.6 is 0 Å². The van der Waals surface area contributed by atoms with Gasteiger partial charge in [0, 0.05) is 6.54 Å². The van der Waals surface area contributed by atoms with E-state index in [1.165, 1.54) is 24.3 Å². The van der Waals surface area contributed by atoms with Gasteiger partial charge in [-0.05, 0) is 44.3 Å². The third-order valence-corrected chi connectivity index (χ3v) is 2.80. The van der Waals surface area contributed by atoms with E-state index in [1.54, 1.807) is 0 Å². The highest BCUT2D eigenvalue weighted by atomic mass is 19.1. The Balaban J connectivity index is 2.51. The Labute approximate surface area is 108 Å². The molecule has 0 bridgehead atoms. The second-order valence-corrected chi connectivity index (χ2v) is 4.21. The number of carbonyl (C=O) groups is 1. The topological polar surface area (TPSA) is 29.5 Å². The van der Waals surface area contributed by atoms with Crippen molar-refractivity contribution in [2.24, 2.45) is 0 Å². The molecule has 1 aromatic carbocycles. The minimum atomic E-state index is -0.408. The number of benzene rings is 1. The van der Waals surface area contributed by atoms with E-state index in [0.717, 1.165) is 13.1 Å². The van der Waals surface area contributed by atoms with Crippen LogP contribution < -0.4 is 0 Å². The lowest BCUT2D eigenvalue weighted by atomic mass is 10.2. The molecule has 0 amide bonds. The zero-order valence-corrected chi connectivity index (χ0v) is 11.1. The zero-order chi connectivity index (χ0) is 13.5. The molecule has 0 radical (unpaired) electrons. The number of esters is 1. The molecule has 1 atom stereocenters. The molecule has 1 aromatic rings. The van der Waals surface area contributed by atoms with Crippen molar-refractivity contribution < 1.29 is 13.9 Å². The normalized spacial score (nSPS) is 12.5. The van der Waals surface area contributed by atoms with Gasteiger partial charge >= 0.3 is 5.97 Å². The summed E-state index contributed by atoms with van der Waals surface area (Å²) < 4.78 is 18.0. The second kappa shape index (κ2) is 7.11. The van der Waals surface area contributed by atoms with Gasteiger partial charge in [0.2, 0.25) is 0 Å². The monoisotopic (exact) mass is 253 g/mol. The van der Waals surface area contributed by atoms with E-state index in [0.29, 0.717) is 12.1 Å². The van der Waals surface area contributed by atoms with Crippen LogP contribution in [0.1, 0.15) is 31.1 Å². The lowest BCUT2D eigenvalue weighted by Gasteiger charge is -2.22. The molecule has 18 heavy (non-hydrogen) atoms. The van der Waals surface area contributed by atoms with E-state index in [9.17, 15) is 9.18 Å². The summed E-state index contributed by atoms with van der Waals surface area (Å²) in [6.07, 6.45) is -0.178. The fourth-order valence-electron chi connectivity index (χ4n) is 1.72. The first-order valence-electron chi connectivity index (χ1n) is 6.25. The molecule has 0 aliphatic carbocycles. The number of hydrogen-bond donors (Lipinski definition) is 0. The maximum Gasteiger partial charge on any atom is 0.338 e. The van der Waals surface area contributed by atoms with Crippen molar-refractivity contribution in [3.05, 3.63) is 35.6 Å². The lowest BCUT2D eigenvalue weighted by molar-refractivity contribution is 0.0260. The Morgan fingerprint density at radius 1 is 1.28 bits per heavy atom. The fraction of sp³-hybridized carbons (Fsp3) is 0.500. The van der Waals surface area contributed by atoms with E-state index in [1.807, 2.05) is 6.92 Å². The molecule has 0 N–H and O–H groups in total. The van der Waals surface area contributed by atoms with Crippen molar-refractivity contribution in [3.8, 4) is 0 Å². The maximum absolute atomic E-state index is 12.7. The molecular formula is C14H20FNO2. The Morgan fingerprint density at radius 2 is 1.83 bits per heavy atom. The number of halogens is 1. The van der Waals surface area contributed by atoms with Crippen LogP contribution in [-0.4, -0.2) is 36.6 Å². The van der Waals surface area contributed by atoms with Crippen LogP contribution in [-0.2, 0) is 4.74 Å². The first kappa shape index (κ1) is 14.6. The fourth-order valence-corrected chi connectivity index (χ4v) is 1.72. The number of ether oxygens (including phenoxy) is 1. The average molecular weight is 253 g/mol. The molecular weight excluding hydrogens is 233 g/mol. The number of carbonyl (C=O) groups excluding carboxylic acids is 1. The van der Waals surface area contributed by atoms with Gasteiger partial charge in [0.1, 0.15) is 11.9 Å². The summed E-state index contributed by atoms with van der Waals surface area (Å²) in [4.78, 5) is 13.9. The molecule has 0 aliphatic rings. The summed E-state index contributed by atoms with van der Waals surface area (Å²) in [5.41, 5.74) is 0.378. The molecule has 0 unspecified atom stereocenters. The molecule has 0 aliphatic heterocycles. The Bertz CT molecular complexity index is 374. The van der Waals surface area contributed by atoms with Crippen LogP contribution in [0.15, 0.2) is 24.3 Å². The van der Waals surface area contributed by atoms with Gasteiger partial charge in [-0.2, -0.15) is 0 Å². The molecule has 1 rings (SSSR count). The van der Waals surface area contributed by atoms with E-state index in [-0.39, 0.29) is 11.9 Å². The predicted molar refractivity (Wildman–Crippen MR) is 69.1 cm³/mol. The molecule has 0 spiro atoms. The van der Waals surface area contributed by atoms with Crippen molar-refractivity contribution in [2.75, 3.05) is 19.6 Å². The van der Waals surface area contributed by atoms with E-state index in [2.05, 4.69) is 18.7 Å². The molecule has 0 saturated carbocycles. The Hall–Kier alpha value is -1.42. The highest BCUT2D eigenvalue weighted by molar-refractivity contribution is 5.89. The van der Waals surface area contributed by atoms with Crippen molar-refractivity contribution in [3.63, 3.8) is 0 Å². The van der Waals surface area contributed by atoms with Crippen LogP contribution in [0, 0.1) is 5.82 Å². The summed E-state index contributed by atoms with van der Waals surface area (Å²) in [5.74, 6) is -0.766. The molecule has 100 valence electrons. The van der Waals surface area contributed by atoms with E-state index < -0.39 is 5.97 Å². The van der Waals surface area contributed by atoms with Gasteiger partial charge in [0.15, 0.2) is 0 Å². The largest absolute Gasteiger partial charge is 0.458 e. The van der Waals surface area contributed by atoms with Gasteiger partial charge in [-0.3, -0.25) is 0 Å². The van der Waals surface area contributed by atoms with Crippen molar-refractivity contribution in [1.29, 1.82) is 0 Å². The van der Waals surface area contributed by atoms with Crippen molar-refractivity contribution >= 4 is 5.97 Å². The maximum atomic E-state index is 12.7.